The summed E-state index contributed by atoms with van der Waals surface area (Å²) in [5.74, 6) is -6.09. The Morgan fingerprint density at radius 1 is 0.532 bits per heavy atom. The van der Waals surface area contributed by atoms with Gasteiger partial charge in [-0.2, -0.15) is 65.9 Å². The van der Waals surface area contributed by atoms with E-state index in [-0.39, 0.29) is 48.2 Å². The zero-order valence-electron chi connectivity index (χ0n) is 55.0. The Bertz CT molecular complexity index is 2630. The molecule has 2 aliphatic rings. The number of carbonyl (C=O) groups is 5. The van der Waals surface area contributed by atoms with Crippen molar-refractivity contribution in [1.82, 2.24) is 4.72 Å². The fourth-order valence-electron chi connectivity index (χ4n) is 8.56. The minimum atomic E-state index is -6.04. The van der Waals surface area contributed by atoms with Crippen LogP contribution in [0.3, 0.4) is 0 Å². The first kappa shape index (κ1) is 92.9. The van der Waals surface area contributed by atoms with Gasteiger partial charge in [0.1, 0.15) is 31.0 Å². The Morgan fingerprint density at radius 3 is 1.22 bits per heavy atom. The predicted molar refractivity (Wildman–Crippen MR) is 316 cm³/mol. The maximum atomic E-state index is 13.1. The molecule has 2 fully saturated rings. The van der Waals surface area contributed by atoms with Crippen LogP contribution in [0.4, 0.5) is 65.9 Å². The molecule has 34 heteroatoms. The van der Waals surface area contributed by atoms with E-state index in [4.69, 9.17) is 23.7 Å². The average Bonchev–Trinajstić information content (AvgIpc) is 0.748. The number of esters is 5. The molecule has 2 aliphatic carbocycles. The molecule has 0 spiro atoms. The van der Waals surface area contributed by atoms with E-state index >= 15 is 0 Å². The van der Waals surface area contributed by atoms with Crippen molar-refractivity contribution in [2.75, 3.05) is 19.4 Å². The topological polar surface area (TPSA) is 282 Å². The van der Waals surface area contributed by atoms with Crippen molar-refractivity contribution in [1.29, 1.82) is 0 Å². The third kappa shape index (κ3) is 32.2. The number of rotatable bonds is 22. The number of hydrogen-bond donors (Lipinski definition) is 7. The van der Waals surface area contributed by atoms with Gasteiger partial charge in [0.15, 0.2) is 16.8 Å². The van der Waals surface area contributed by atoms with Gasteiger partial charge in [0.25, 0.3) is 5.60 Å². The van der Waals surface area contributed by atoms with Gasteiger partial charge in [-0.3, -0.25) is 4.21 Å². The molecule has 0 radical (unpaired) electrons. The van der Waals surface area contributed by atoms with Crippen LogP contribution in [0.25, 0.3) is 0 Å². The van der Waals surface area contributed by atoms with Crippen LogP contribution in [0, 0.1) is 23.7 Å². The molecule has 94 heavy (non-hydrogen) atoms. The van der Waals surface area contributed by atoms with Crippen molar-refractivity contribution in [3.63, 3.8) is 0 Å². The summed E-state index contributed by atoms with van der Waals surface area (Å²) in [4.78, 5) is 56.2. The van der Waals surface area contributed by atoms with E-state index in [9.17, 15) is 125 Å². The number of alkyl halides is 15. The maximum absolute atomic E-state index is 13.1. The molecule has 0 aliphatic heterocycles. The number of halogens is 15. The van der Waals surface area contributed by atoms with Gasteiger partial charge in [-0.05, 0) is 133 Å². The van der Waals surface area contributed by atoms with Gasteiger partial charge < -0.3 is 54.3 Å². The van der Waals surface area contributed by atoms with Crippen molar-refractivity contribution in [3.8, 4) is 0 Å². The molecule has 0 aromatic carbocycles. The van der Waals surface area contributed by atoms with E-state index in [1.54, 1.807) is 48.5 Å². The number of nitrogens with one attached hydrogen (secondary N) is 1. The van der Waals surface area contributed by atoms with E-state index in [1.807, 2.05) is 0 Å². The largest absolute Gasteiger partial charge is 0.461 e. The summed E-state index contributed by atoms with van der Waals surface area (Å²) in [7, 11) is -2.21. The second kappa shape index (κ2) is 36.4. The molecule has 0 amide bonds. The van der Waals surface area contributed by atoms with Gasteiger partial charge >= 0.3 is 60.7 Å². The van der Waals surface area contributed by atoms with E-state index < -0.39 is 179 Å². The second-order valence-electron chi connectivity index (χ2n) is 25.0. The Morgan fingerprint density at radius 2 is 0.904 bits per heavy atom. The summed E-state index contributed by atoms with van der Waals surface area (Å²) in [6.45, 7) is 34.7. The SMILES string of the molecule is C=C(C)C(=O)OC(C)CC(C)(C)O.C=C(C)C(=O)OC(CC(C)C)CC(C)(O)C(F)(F)F.C=C(C)C(=O)OC1CC(C(C)(O)C(F)(F)F)CC(C(C)(O)C(F)(F)F)C1.C=C(C)C(=O)OC1CCC(O)C(C(O)(C(F)(F)F)C(F)(F)F)C1.C=C(C)C(=O)OCCNS(=C)(C)=O. The summed E-state index contributed by atoms with van der Waals surface area (Å²) >= 11 is 0. The van der Waals surface area contributed by atoms with Crippen molar-refractivity contribution in [3.05, 3.63) is 60.8 Å². The van der Waals surface area contributed by atoms with E-state index in [1.165, 1.54) is 27.0 Å². The van der Waals surface area contributed by atoms with Crippen molar-refractivity contribution >= 4 is 45.4 Å². The van der Waals surface area contributed by atoms with Gasteiger partial charge in [0.05, 0.1) is 11.7 Å². The fraction of sp³-hybridized carbons (Fsp3) is 0.733. The maximum Gasteiger partial charge on any atom is 0.426 e. The molecule has 2 saturated carbocycles. The lowest BCUT2D eigenvalue weighted by molar-refractivity contribution is -0.394. The molecule has 550 valence electrons. The van der Waals surface area contributed by atoms with Crippen LogP contribution < -0.4 is 4.72 Å². The fourth-order valence-corrected chi connectivity index (χ4v) is 9.08. The first-order chi connectivity index (χ1) is 41.5. The van der Waals surface area contributed by atoms with E-state index in [2.05, 4.69) is 43.5 Å². The van der Waals surface area contributed by atoms with Gasteiger partial charge in [-0.15, -0.1) is 0 Å². The third-order valence-corrected chi connectivity index (χ3v) is 14.8. The quantitative estimate of drug-likeness (QED) is 0.0132. The zero-order valence-corrected chi connectivity index (χ0v) is 55.8. The summed E-state index contributed by atoms with van der Waals surface area (Å²) < 4.78 is 232. The minimum Gasteiger partial charge on any atom is -0.461 e. The van der Waals surface area contributed by atoms with Crippen LogP contribution in [-0.4, -0.2) is 179 Å². The number of carbonyl (C=O) groups excluding carboxylic acids is 5. The molecular weight excluding hydrogens is 1320 g/mol. The summed E-state index contributed by atoms with van der Waals surface area (Å²) in [5.41, 5.74) is -14.7. The lowest BCUT2D eigenvalue weighted by atomic mass is 9.67. The van der Waals surface area contributed by atoms with Crippen LogP contribution in [0.5, 0.6) is 0 Å². The highest BCUT2D eigenvalue weighted by atomic mass is 32.2. The summed E-state index contributed by atoms with van der Waals surface area (Å²) in [6, 6.07) is 0. The smallest absolute Gasteiger partial charge is 0.426 e. The van der Waals surface area contributed by atoms with E-state index in [0.29, 0.717) is 44.9 Å². The lowest BCUT2D eigenvalue weighted by Crippen LogP contribution is -2.65. The number of ether oxygens (including phenoxy) is 5. The number of aliphatic hydroxyl groups is 6. The Labute approximate surface area is 538 Å². The highest BCUT2D eigenvalue weighted by Crippen LogP contribution is 2.53. The normalized spacial score (nSPS) is 22.0. The predicted octanol–water partition coefficient (Wildman–Crippen LogP) is 10.8. The van der Waals surface area contributed by atoms with Gasteiger partial charge in [0.2, 0.25) is 0 Å². The number of aliphatic hydroxyl groups excluding tert-OH is 1. The highest BCUT2D eigenvalue weighted by molar-refractivity contribution is 7.97. The molecule has 11 atom stereocenters. The summed E-state index contributed by atoms with van der Waals surface area (Å²) in [6.07, 6.45) is -34.8. The second-order valence-corrected chi connectivity index (χ2v) is 27.3. The molecule has 11 unspecified atom stereocenters. The highest BCUT2D eigenvalue weighted by Gasteiger charge is 2.75. The van der Waals surface area contributed by atoms with Gasteiger partial charge in [-0.1, -0.05) is 46.7 Å². The molecule has 2 rings (SSSR count). The van der Waals surface area contributed by atoms with Gasteiger partial charge in [-0.25, -0.2) is 28.7 Å². The zero-order chi connectivity index (χ0) is 75.5. The molecule has 0 bridgehead atoms. The molecule has 7 N–H and O–H groups in total. The first-order valence-electron chi connectivity index (χ1n) is 28.5. The molecule has 0 heterocycles. The number of hydrogen-bond acceptors (Lipinski definition) is 17. The third-order valence-electron chi connectivity index (χ3n) is 13.9. The van der Waals surface area contributed by atoms with Gasteiger partial charge in [0, 0.05) is 81.0 Å². The minimum absolute atomic E-state index is 0.0342. The molecule has 0 aromatic heterocycles. The first-order valence-corrected chi connectivity index (χ1v) is 30.7. The van der Waals surface area contributed by atoms with Crippen LogP contribution in [0.2, 0.25) is 0 Å². The van der Waals surface area contributed by atoms with E-state index in [0.717, 1.165) is 0 Å². The molecule has 0 aromatic rings. The molecular formula is C60H92F15NO17S. The molecule has 18 nitrogen and oxygen atoms in total. The average molecular weight is 1420 g/mol. The Hall–Kier alpha value is -5.26. The standard InChI is InChI=1S/C16H22F6O4.C13H16F6O4.C13H21F3O3.C10H18O3.C8H15NO3S/c1-8(2)12(23)26-11-6-9(13(3,24)15(17,18)19)5-10(7-11)14(4,25)16(20,21)22;1-6(2)10(21)23-7-3-4-9(20)8(5-7)11(22,12(14,15)16)13(17,18)19;1-8(2)6-10(19-11(17)9(3)4)7-12(5,18)13(14,15)16;1-7(2)9(11)13-8(3)6-10(4,5)12;1-7(2)8(10)12-6-5-9-13(3,4)11/h9-11,24-25H,1,5-7H2,2-4H3;7-9,20,22H,1,3-5H2,2H3;8,10,18H,3,6-7H2,1-2,4-5H3;8,12H,1,6H2,2-5H3;1,3,5-6H2,2,4H3,(H,9,11). The van der Waals surface area contributed by atoms with Crippen LogP contribution in [0.15, 0.2) is 60.8 Å². The summed E-state index contributed by atoms with van der Waals surface area (Å²) in [5, 5.41) is 57.6. The van der Waals surface area contributed by atoms with Crippen molar-refractivity contribution in [2.24, 2.45) is 23.7 Å². The lowest BCUT2D eigenvalue weighted by Gasteiger charge is -2.46. The van der Waals surface area contributed by atoms with Crippen LogP contribution in [0.1, 0.15) is 148 Å². The Balaban J connectivity index is -0.00000113. The van der Waals surface area contributed by atoms with Crippen molar-refractivity contribution in [2.45, 2.75) is 237 Å². The molecule has 0 saturated heterocycles. The monoisotopic (exact) mass is 1420 g/mol. The van der Waals surface area contributed by atoms with Crippen LogP contribution >= 0.6 is 0 Å². The van der Waals surface area contributed by atoms with Crippen molar-refractivity contribution < 1.29 is 148 Å². The Kier molecular flexibility index (Phi) is 35.9. The van der Waals surface area contributed by atoms with Crippen LogP contribution in [-0.2, 0) is 57.4 Å².